The van der Waals surface area contributed by atoms with Crippen molar-refractivity contribution in [3.05, 3.63) is 40.4 Å². The van der Waals surface area contributed by atoms with E-state index in [0.717, 1.165) is 4.31 Å². The van der Waals surface area contributed by atoms with Crippen LogP contribution in [-0.4, -0.2) is 36.8 Å². The zero-order valence-electron chi connectivity index (χ0n) is 14.0. The highest BCUT2D eigenvalue weighted by Crippen LogP contribution is 2.40. The Morgan fingerprint density at radius 2 is 1.48 bits per heavy atom. The van der Waals surface area contributed by atoms with Crippen molar-refractivity contribution in [1.82, 2.24) is 0 Å². The molecular formula is C16H17Cl2NO5S. The first kappa shape index (κ1) is 19.5. The summed E-state index contributed by atoms with van der Waals surface area (Å²) in [6.45, 7) is 0. The van der Waals surface area contributed by atoms with Gasteiger partial charge in [0.15, 0.2) is 0 Å². The first-order chi connectivity index (χ1) is 11.8. The summed E-state index contributed by atoms with van der Waals surface area (Å²) in [6, 6.07) is 7.61. The molecule has 0 heterocycles. The summed E-state index contributed by atoms with van der Waals surface area (Å²) in [4.78, 5) is -0.146. The Balaban J connectivity index is 2.59. The first-order valence-electron chi connectivity index (χ1n) is 7.00. The fourth-order valence-electron chi connectivity index (χ4n) is 2.19. The zero-order valence-corrected chi connectivity index (χ0v) is 16.4. The molecule has 0 bridgehead atoms. The highest BCUT2D eigenvalue weighted by atomic mass is 35.5. The second kappa shape index (κ2) is 7.59. The lowest BCUT2D eigenvalue weighted by Crippen LogP contribution is -2.27. The number of halogens is 2. The van der Waals surface area contributed by atoms with E-state index < -0.39 is 10.0 Å². The molecule has 9 heteroatoms. The SMILES string of the molecule is COc1ccc(OC)c(N(C)S(=O)(=O)c2ccc(OC)c(Cl)c2Cl)c1. The molecule has 2 aromatic carbocycles. The van der Waals surface area contributed by atoms with Crippen LogP contribution < -0.4 is 18.5 Å². The van der Waals surface area contributed by atoms with Crippen LogP contribution in [0.25, 0.3) is 0 Å². The predicted octanol–water partition coefficient (Wildman–Crippen LogP) is 3.84. The molecule has 0 spiro atoms. The molecule has 2 aromatic rings. The van der Waals surface area contributed by atoms with Crippen LogP contribution in [0.5, 0.6) is 17.2 Å². The van der Waals surface area contributed by atoms with Crippen LogP contribution in [0.1, 0.15) is 0 Å². The van der Waals surface area contributed by atoms with Crippen LogP contribution >= 0.6 is 23.2 Å². The molecule has 0 unspecified atom stereocenters. The maximum atomic E-state index is 13.0. The fourth-order valence-corrected chi connectivity index (χ4v) is 4.20. The maximum Gasteiger partial charge on any atom is 0.265 e. The summed E-state index contributed by atoms with van der Waals surface area (Å²) >= 11 is 12.2. The molecule has 0 aromatic heterocycles. The van der Waals surface area contributed by atoms with Crippen LogP contribution in [0.2, 0.25) is 10.0 Å². The Morgan fingerprint density at radius 3 is 2.04 bits per heavy atom. The zero-order chi connectivity index (χ0) is 18.8. The van der Waals surface area contributed by atoms with Crippen molar-refractivity contribution in [3.63, 3.8) is 0 Å². The topological polar surface area (TPSA) is 65.1 Å². The summed E-state index contributed by atoms with van der Waals surface area (Å²) in [5.74, 6) is 1.13. The lowest BCUT2D eigenvalue weighted by Gasteiger charge is -2.23. The minimum absolute atomic E-state index is 0.0243. The Labute approximate surface area is 156 Å². The summed E-state index contributed by atoms with van der Waals surface area (Å²) in [7, 11) is 1.74. The van der Waals surface area contributed by atoms with Gasteiger partial charge in [-0.05, 0) is 24.3 Å². The van der Waals surface area contributed by atoms with E-state index in [4.69, 9.17) is 37.4 Å². The second-order valence-corrected chi connectivity index (χ2v) is 7.60. The average molecular weight is 406 g/mol. The number of hydrogen-bond acceptors (Lipinski definition) is 5. The molecule has 0 N–H and O–H groups in total. The molecule has 25 heavy (non-hydrogen) atoms. The minimum atomic E-state index is -4.00. The summed E-state index contributed by atoms with van der Waals surface area (Å²) in [5.41, 5.74) is 0.296. The normalized spacial score (nSPS) is 11.1. The van der Waals surface area contributed by atoms with Crippen LogP contribution in [0.3, 0.4) is 0 Å². The highest BCUT2D eigenvalue weighted by molar-refractivity contribution is 7.93. The molecule has 0 amide bonds. The van der Waals surface area contributed by atoms with E-state index in [2.05, 4.69) is 0 Å². The van der Waals surface area contributed by atoms with Crippen LogP contribution in [0.15, 0.2) is 35.2 Å². The molecule has 0 atom stereocenters. The maximum absolute atomic E-state index is 13.0. The molecule has 0 saturated heterocycles. The summed E-state index contributed by atoms with van der Waals surface area (Å²) < 4.78 is 42.5. The van der Waals surface area contributed by atoms with E-state index in [9.17, 15) is 8.42 Å². The van der Waals surface area contributed by atoms with Gasteiger partial charge in [-0.25, -0.2) is 8.42 Å². The van der Waals surface area contributed by atoms with Crippen molar-refractivity contribution in [3.8, 4) is 17.2 Å². The number of methoxy groups -OCH3 is 3. The predicted molar refractivity (Wildman–Crippen MR) is 98.1 cm³/mol. The van der Waals surface area contributed by atoms with E-state index in [1.807, 2.05) is 0 Å². The number of sulfonamides is 1. The van der Waals surface area contributed by atoms with Gasteiger partial charge in [-0.3, -0.25) is 4.31 Å². The van der Waals surface area contributed by atoms with Gasteiger partial charge >= 0.3 is 0 Å². The Kier molecular flexibility index (Phi) is 5.92. The van der Waals surface area contributed by atoms with Crippen molar-refractivity contribution in [2.24, 2.45) is 0 Å². The largest absolute Gasteiger partial charge is 0.497 e. The van der Waals surface area contributed by atoms with Gasteiger partial charge in [-0.2, -0.15) is 0 Å². The van der Waals surface area contributed by atoms with Crippen molar-refractivity contribution in [1.29, 1.82) is 0 Å². The number of rotatable bonds is 6. The number of hydrogen-bond donors (Lipinski definition) is 0. The second-order valence-electron chi connectivity index (χ2n) is 4.90. The van der Waals surface area contributed by atoms with Crippen LogP contribution in [0.4, 0.5) is 5.69 Å². The Morgan fingerprint density at radius 1 is 0.880 bits per heavy atom. The molecule has 2 rings (SSSR count). The number of ether oxygens (including phenoxy) is 3. The third-order valence-corrected chi connectivity index (χ3v) is 6.39. The lowest BCUT2D eigenvalue weighted by molar-refractivity contribution is 0.404. The molecule has 0 aliphatic heterocycles. The molecule has 0 radical (unpaired) electrons. The van der Waals surface area contributed by atoms with Crippen molar-refractivity contribution in [2.75, 3.05) is 32.7 Å². The third-order valence-electron chi connectivity index (χ3n) is 3.60. The van der Waals surface area contributed by atoms with Crippen LogP contribution in [-0.2, 0) is 10.0 Å². The quantitative estimate of drug-likeness (QED) is 0.729. The Hall–Kier alpha value is -1.83. The molecule has 0 fully saturated rings. The van der Waals surface area contributed by atoms with Gasteiger partial charge in [0.2, 0.25) is 0 Å². The standard InChI is InChI=1S/C16H17Cl2NO5S/c1-19(11-9-10(22-2)5-6-12(11)23-3)25(20,21)14-8-7-13(24-4)15(17)16(14)18/h5-9H,1-4H3. The fraction of sp³-hybridized carbons (Fsp3) is 0.250. The molecular weight excluding hydrogens is 389 g/mol. The van der Waals surface area contributed by atoms with E-state index in [0.29, 0.717) is 17.2 Å². The van der Waals surface area contributed by atoms with Gasteiger partial charge in [0, 0.05) is 13.1 Å². The number of benzene rings is 2. The van der Waals surface area contributed by atoms with Crippen molar-refractivity contribution >= 4 is 38.9 Å². The lowest BCUT2D eigenvalue weighted by atomic mass is 10.3. The number of nitrogens with zero attached hydrogens (tertiary/aromatic N) is 1. The molecule has 0 aliphatic rings. The smallest absolute Gasteiger partial charge is 0.265 e. The van der Waals surface area contributed by atoms with Gasteiger partial charge in [0.25, 0.3) is 10.0 Å². The third kappa shape index (κ3) is 3.58. The van der Waals surface area contributed by atoms with E-state index >= 15 is 0 Å². The highest BCUT2D eigenvalue weighted by Gasteiger charge is 2.28. The summed E-state index contributed by atoms with van der Waals surface area (Å²) in [5, 5.41) is -0.0917. The van der Waals surface area contributed by atoms with E-state index in [1.54, 1.807) is 18.2 Å². The van der Waals surface area contributed by atoms with Gasteiger partial charge in [0.05, 0.1) is 32.0 Å². The van der Waals surface area contributed by atoms with E-state index in [-0.39, 0.29) is 20.7 Å². The first-order valence-corrected chi connectivity index (χ1v) is 9.20. The van der Waals surface area contributed by atoms with Gasteiger partial charge < -0.3 is 14.2 Å². The molecule has 0 aliphatic carbocycles. The molecule has 136 valence electrons. The summed E-state index contributed by atoms with van der Waals surface area (Å²) in [6.07, 6.45) is 0. The van der Waals surface area contributed by atoms with Gasteiger partial charge in [-0.1, -0.05) is 23.2 Å². The monoisotopic (exact) mass is 405 g/mol. The van der Waals surface area contributed by atoms with Crippen molar-refractivity contribution in [2.45, 2.75) is 4.90 Å². The van der Waals surface area contributed by atoms with Crippen LogP contribution in [0, 0.1) is 0 Å². The van der Waals surface area contributed by atoms with Gasteiger partial charge in [-0.15, -0.1) is 0 Å². The van der Waals surface area contributed by atoms with Crippen molar-refractivity contribution < 1.29 is 22.6 Å². The molecule has 0 saturated carbocycles. The van der Waals surface area contributed by atoms with Gasteiger partial charge in [0.1, 0.15) is 27.2 Å². The minimum Gasteiger partial charge on any atom is -0.497 e. The average Bonchev–Trinajstić information content (AvgIpc) is 2.62. The Bertz CT molecular complexity index is 886. The van der Waals surface area contributed by atoms with E-state index in [1.165, 1.54) is 40.5 Å². The molecule has 6 nitrogen and oxygen atoms in total. The number of anilines is 1.